The van der Waals surface area contributed by atoms with E-state index in [9.17, 15) is 4.79 Å². The summed E-state index contributed by atoms with van der Waals surface area (Å²) in [7, 11) is 0. The molecule has 1 atom stereocenters. The van der Waals surface area contributed by atoms with Gasteiger partial charge in [0.2, 0.25) is 5.91 Å². The van der Waals surface area contributed by atoms with Crippen LogP contribution in [0.3, 0.4) is 0 Å². The van der Waals surface area contributed by atoms with Gasteiger partial charge in [0.25, 0.3) is 0 Å². The van der Waals surface area contributed by atoms with Gasteiger partial charge in [-0.05, 0) is 32.3 Å². The van der Waals surface area contributed by atoms with E-state index in [1.54, 1.807) is 0 Å². The number of ether oxygens (including phenoxy) is 1. The Morgan fingerprint density at radius 1 is 1.53 bits per heavy atom. The van der Waals surface area contributed by atoms with Crippen LogP contribution in [0.15, 0.2) is 6.07 Å². The molecular formula is C14H24N2O3. The van der Waals surface area contributed by atoms with Crippen LogP contribution in [0.1, 0.15) is 42.4 Å². The maximum Gasteiger partial charge on any atom is 0.247 e. The third-order valence-corrected chi connectivity index (χ3v) is 3.00. The first kappa shape index (κ1) is 15.9. The van der Waals surface area contributed by atoms with Crippen LogP contribution in [-0.4, -0.2) is 40.6 Å². The van der Waals surface area contributed by atoms with E-state index >= 15 is 0 Å². The predicted octanol–water partition coefficient (Wildman–Crippen LogP) is 1.96. The Bertz CT molecular complexity index is 401. The summed E-state index contributed by atoms with van der Waals surface area (Å²) in [4.78, 5) is 12.2. The van der Waals surface area contributed by atoms with E-state index in [0.29, 0.717) is 19.6 Å². The van der Waals surface area contributed by atoms with Crippen LogP contribution < -0.4 is 0 Å². The molecule has 0 aromatic carbocycles. The maximum atomic E-state index is 12.2. The molecule has 19 heavy (non-hydrogen) atoms. The van der Waals surface area contributed by atoms with Gasteiger partial charge in [0.15, 0.2) is 0 Å². The summed E-state index contributed by atoms with van der Waals surface area (Å²) in [5.74, 6) is 0.199. The normalized spacial score (nSPS) is 12.6. The van der Waals surface area contributed by atoms with Gasteiger partial charge in [-0.2, -0.15) is 5.10 Å². The molecule has 1 N–H and O–H groups in total. The lowest BCUT2D eigenvalue weighted by Gasteiger charge is -2.15. The van der Waals surface area contributed by atoms with Crippen LogP contribution in [0.2, 0.25) is 0 Å². The second-order valence-corrected chi connectivity index (χ2v) is 4.89. The van der Waals surface area contributed by atoms with Crippen LogP contribution in [0.25, 0.3) is 0 Å². The van der Waals surface area contributed by atoms with Crippen molar-refractivity contribution in [2.75, 3.05) is 19.8 Å². The summed E-state index contributed by atoms with van der Waals surface area (Å²) in [5.41, 5.74) is 1.73. The van der Waals surface area contributed by atoms with Crippen molar-refractivity contribution in [1.82, 2.24) is 9.78 Å². The highest BCUT2D eigenvalue weighted by atomic mass is 16.5. The van der Waals surface area contributed by atoms with Crippen molar-refractivity contribution in [2.45, 2.75) is 40.0 Å². The van der Waals surface area contributed by atoms with Crippen molar-refractivity contribution < 1.29 is 14.6 Å². The Labute approximate surface area is 114 Å². The molecule has 1 unspecified atom stereocenters. The molecule has 0 aliphatic rings. The molecule has 1 aromatic rings. The topological polar surface area (TPSA) is 64.3 Å². The van der Waals surface area contributed by atoms with Gasteiger partial charge in [0.05, 0.1) is 18.9 Å². The Kier molecular flexibility index (Phi) is 6.73. The van der Waals surface area contributed by atoms with E-state index in [-0.39, 0.29) is 18.4 Å². The summed E-state index contributed by atoms with van der Waals surface area (Å²) >= 11 is 0. The van der Waals surface area contributed by atoms with Crippen LogP contribution in [-0.2, 0) is 4.74 Å². The molecule has 0 aliphatic carbocycles. The monoisotopic (exact) mass is 268 g/mol. The number of carbonyl (C=O) groups is 1. The number of hydrogen-bond acceptors (Lipinski definition) is 4. The summed E-state index contributed by atoms with van der Waals surface area (Å²) in [5, 5.41) is 12.9. The van der Waals surface area contributed by atoms with E-state index in [0.717, 1.165) is 24.2 Å². The van der Waals surface area contributed by atoms with Crippen molar-refractivity contribution in [1.29, 1.82) is 0 Å². The zero-order chi connectivity index (χ0) is 14.3. The molecule has 108 valence electrons. The van der Waals surface area contributed by atoms with Gasteiger partial charge in [0.1, 0.15) is 0 Å². The smallest absolute Gasteiger partial charge is 0.247 e. The van der Waals surface area contributed by atoms with E-state index in [2.05, 4.69) is 12.0 Å². The molecular weight excluding hydrogens is 244 g/mol. The molecule has 5 heteroatoms. The number of aliphatic hydroxyl groups is 1. The molecule has 0 fully saturated rings. The molecule has 0 amide bonds. The SMILES string of the molecule is CCCC(COCCO)CC(=O)n1nc(C)cc1C. The molecule has 0 radical (unpaired) electrons. The van der Waals surface area contributed by atoms with Gasteiger partial charge < -0.3 is 9.84 Å². The second-order valence-electron chi connectivity index (χ2n) is 4.89. The summed E-state index contributed by atoms with van der Waals surface area (Å²) < 4.78 is 6.81. The molecule has 0 bridgehead atoms. The number of carbonyl (C=O) groups excluding carboxylic acids is 1. The lowest BCUT2D eigenvalue weighted by atomic mass is 10.0. The average molecular weight is 268 g/mol. The first-order valence-corrected chi connectivity index (χ1v) is 6.83. The maximum absolute atomic E-state index is 12.2. The minimum absolute atomic E-state index is 0.0108. The lowest BCUT2D eigenvalue weighted by Crippen LogP contribution is -2.21. The van der Waals surface area contributed by atoms with Gasteiger partial charge in [-0.3, -0.25) is 4.79 Å². The Morgan fingerprint density at radius 3 is 2.79 bits per heavy atom. The van der Waals surface area contributed by atoms with Crippen molar-refractivity contribution in [3.63, 3.8) is 0 Å². The highest BCUT2D eigenvalue weighted by Gasteiger charge is 2.17. The van der Waals surface area contributed by atoms with Crippen molar-refractivity contribution in [2.24, 2.45) is 5.92 Å². The standard InChI is InChI=1S/C14H24N2O3/c1-4-5-13(10-19-7-6-17)9-14(18)16-12(3)8-11(2)15-16/h8,13,17H,4-7,9-10H2,1-3H3. The fourth-order valence-electron chi connectivity index (χ4n) is 2.18. The molecule has 1 rings (SSSR count). The van der Waals surface area contributed by atoms with Crippen LogP contribution in [0.4, 0.5) is 0 Å². The van der Waals surface area contributed by atoms with Crippen LogP contribution >= 0.6 is 0 Å². The van der Waals surface area contributed by atoms with E-state index in [1.807, 2.05) is 19.9 Å². The fourth-order valence-corrected chi connectivity index (χ4v) is 2.18. The molecule has 0 saturated carbocycles. The van der Waals surface area contributed by atoms with Crippen molar-refractivity contribution in [3.05, 3.63) is 17.5 Å². The van der Waals surface area contributed by atoms with Gasteiger partial charge in [-0.1, -0.05) is 13.3 Å². The van der Waals surface area contributed by atoms with E-state index in [1.165, 1.54) is 4.68 Å². The number of aliphatic hydroxyl groups excluding tert-OH is 1. The third kappa shape index (κ3) is 5.12. The number of nitrogens with zero attached hydrogens (tertiary/aromatic N) is 2. The van der Waals surface area contributed by atoms with Crippen LogP contribution in [0, 0.1) is 19.8 Å². The first-order chi connectivity index (χ1) is 9.08. The van der Waals surface area contributed by atoms with Crippen molar-refractivity contribution >= 4 is 5.91 Å². The molecule has 0 saturated heterocycles. The minimum Gasteiger partial charge on any atom is -0.394 e. The van der Waals surface area contributed by atoms with Gasteiger partial charge >= 0.3 is 0 Å². The zero-order valence-electron chi connectivity index (χ0n) is 12.1. The first-order valence-electron chi connectivity index (χ1n) is 6.83. The third-order valence-electron chi connectivity index (χ3n) is 3.00. The average Bonchev–Trinajstić information content (AvgIpc) is 2.69. The minimum atomic E-state index is 0.0108. The Morgan fingerprint density at radius 2 is 2.26 bits per heavy atom. The molecule has 0 aliphatic heterocycles. The lowest BCUT2D eigenvalue weighted by molar-refractivity contribution is 0.0567. The zero-order valence-corrected chi connectivity index (χ0v) is 12.1. The molecule has 1 aromatic heterocycles. The number of aryl methyl sites for hydroxylation is 2. The molecule has 5 nitrogen and oxygen atoms in total. The van der Waals surface area contributed by atoms with Gasteiger partial charge in [-0.15, -0.1) is 0 Å². The number of hydrogen-bond donors (Lipinski definition) is 1. The van der Waals surface area contributed by atoms with Gasteiger partial charge in [0, 0.05) is 18.7 Å². The molecule has 1 heterocycles. The second kappa shape index (κ2) is 8.07. The van der Waals surface area contributed by atoms with Crippen LogP contribution in [0.5, 0.6) is 0 Å². The van der Waals surface area contributed by atoms with E-state index in [4.69, 9.17) is 9.84 Å². The quantitative estimate of drug-likeness (QED) is 0.732. The van der Waals surface area contributed by atoms with Crippen molar-refractivity contribution in [3.8, 4) is 0 Å². The predicted molar refractivity (Wildman–Crippen MR) is 73.2 cm³/mol. The van der Waals surface area contributed by atoms with Gasteiger partial charge in [-0.25, -0.2) is 4.68 Å². The number of aromatic nitrogens is 2. The number of rotatable bonds is 8. The van der Waals surface area contributed by atoms with E-state index < -0.39 is 0 Å². The summed E-state index contributed by atoms with van der Waals surface area (Å²) in [6.45, 7) is 6.71. The summed E-state index contributed by atoms with van der Waals surface area (Å²) in [6, 6.07) is 1.90. The summed E-state index contributed by atoms with van der Waals surface area (Å²) in [6.07, 6.45) is 2.38. The largest absolute Gasteiger partial charge is 0.394 e. The fraction of sp³-hybridized carbons (Fsp3) is 0.714. The highest BCUT2D eigenvalue weighted by molar-refractivity contribution is 5.78. The highest BCUT2D eigenvalue weighted by Crippen LogP contribution is 2.14. The Hall–Kier alpha value is -1.20. The Balaban J connectivity index is 2.57. The molecule has 0 spiro atoms.